The highest BCUT2D eigenvalue weighted by Crippen LogP contribution is 2.20. The third-order valence-corrected chi connectivity index (χ3v) is 4.62. The average molecular weight is 338 g/mol. The minimum atomic E-state index is 0.000808. The zero-order chi connectivity index (χ0) is 18.0. The van der Waals surface area contributed by atoms with Gasteiger partial charge >= 0.3 is 0 Å². The number of nitrogens with one attached hydrogen (secondary N) is 1. The maximum atomic E-state index is 12.8. The van der Waals surface area contributed by atoms with Gasteiger partial charge in [0.1, 0.15) is 5.69 Å². The van der Waals surface area contributed by atoms with E-state index in [9.17, 15) is 4.79 Å². The molecule has 1 fully saturated rings. The molecule has 0 saturated carbocycles. The van der Waals surface area contributed by atoms with Gasteiger partial charge in [0.25, 0.3) is 5.91 Å². The molecule has 1 amide bonds. The average Bonchev–Trinajstić information content (AvgIpc) is 2.53. The van der Waals surface area contributed by atoms with Crippen LogP contribution in [0.15, 0.2) is 24.3 Å². The number of benzene rings is 1. The van der Waals surface area contributed by atoms with Gasteiger partial charge in [-0.05, 0) is 68.9 Å². The van der Waals surface area contributed by atoms with E-state index in [1.165, 1.54) is 11.1 Å². The number of piperidine rings is 1. The van der Waals surface area contributed by atoms with Crippen molar-refractivity contribution in [3.8, 4) is 0 Å². The number of likely N-dealkylation sites (tertiary alicyclic amines) is 1. The zero-order valence-corrected chi connectivity index (χ0v) is 15.5. The predicted molar refractivity (Wildman–Crippen MR) is 100 cm³/mol. The van der Waals surface area contributed by atoms with E-state index in [1.807, 2.05) is 24.0 Å². The minimum absolute atomic E-state index is 0.000808. The van der Waals surface area contributed by atoms with Gasteiger partial charge in [0, 0.05) is 24.5 Å². The Morgan fingerprint density at radius 1 is 1.04 bits per heavy atom. The summed E-state index contributed by atoms with van der Waals surface area (Å²) in [5, 5.41) is 3.24. The molecule has 5 nitrogen and oxygen atoms in total. The lowest BCUT2D eigenvalue weighted by Crippen LogP contribution is -2.38. The number of anilines is 2. The Labute approximate surface area is 149 Å². The Morgan fingerprint density at radius 3 is 2.32 bits per heavy atom. The number of hydrogen-bond acceptors (Lipinski definition) is 4. The summed E-state index contributed by atoms with van der Waals surface area (Å²) in [6.45, 7) is 9.86. The van der Waals surface area contributed by atoms with Crippen LogP contribution in [0.2, 0.25) is 0 Å². The first-order valence-corrected chi connectivity index (χ1v) is 8.91. The van der Waals surface area contributed by atoms with Gasteiger partial charge in [-0.3, -0.25) is 4.79 Å². The van der Waals surface area contributed by atoms with Crippen LogP contribution in [-0.4, -0.2) is 33.9 Å². The molecule has 2 aromatic rings. The summed E-state index contributed by atoms with van der Waals surface area (Å²) >= 11 is 0. The molecule has 2 heterocycles. The summed E-state index contributed by atoms with van der Waals surface area (Å²) in [6, 6.07) is 7.99. The van der Waals surface area contributed by atoms with Crippen molar-refractivity contribution in [2.24, 2.45) is 5.92 Å². The highest BCUT2D eigenvalue weighted by Gasteiger charge is 2.23. The summed E-state index contributed by atoms with van der Waals surface area (Å²) in [5.74, 6) is 1.16. The van der Waals surface area contributed by atoms with Gasteiger partial charge in [0.15, 0.2) is 0 Å². The maximum absolute atomic E-state index is 12.8. The highest BCUT2D eigenvalue weighted by molar-refractivity contribution is 5.92. The van der Waals surface area contributed by atoms with Crippen molar-refractivity contribution >= 4 is 17.5 Å². The molecule has 0 bridgehead atoms. The van der Waals surface area contributed by atoms with Crippen molar-refractivity contribution in [1.29, 1.82) is 0 Å². The highest BCUT2D eigenvalue weighted by atomic mass is 16.2. The smallest absolute Gasteiger partial charge is 0.272 e. The lowest BCUT2D eigenvalue weighted by atomic mass is 9.99. The van der Waals surface area contributed by atoms with Gasteiger partial charge in [-0.2, -0.15) is 0 Å². The van der Waals surface area contributed by atoms with Gasteiger partial charge < -0.3 is 10.2 Å². The molecule has 0 atom stereocenters. The molecule has 25 heavy (non-hydrogen) atoms. The Morgan fingerprint density at radius 2 is 1.68 bits per heavy atom. The second kappa shape index (κ2) is 7.21. The van der Waals surface area contributed by atoms with Gasteiger partial charge in [-0.25, -0.2) is 9.97 Å². The van der Waals surface area contributed by atoms with Crippen LogP contribution in [0.1, 0.15) is 47.1 Å². The first-order valence-electron chi connectivity index (χ1n) is 8.91. The molecule has 5 heteroatoms. The van der Waals surface area contributed by atoms with Crippen molar-refractivity contribution < 1.29 is 4.79 Å². The van der Waals surface area contributed by atoms with Crippen molar-refractivity contribution in [3.63, 3.8) is 0 Å². The van der Waals surface area contributed by atoms with Crippen LogP contribution in [0.3, 0.4) is 0 Å². The van der Waals surface area contributed by atoms with Crippen molar-refractivity contribution in [2.45, 2.75) is 40.5 Å². The van der Waals surface area contributed by atoms with Crippen LogP contribution in [0, 0.1) is 26.7 Å². The van der Waals surface area contributed by atoms with Crippen LogP contribution in [0.25, 0.3) is 0 Å². The van der Waals surface area contributed by atoms with Crippen LogP contribution < -0.4 is 5.32 Å². The Hall–Kier alpha value is -2.43. The van der Waals surface area contributed by atoms with E-state index in [2.05, 4.69) is 42.1 Å². The van der Waals surface area contributed by atoms with Gasteiger partial charge in [-0.1, -0.05) is 13.0 Å². The molecule has 1 aliphatic heterocycles. The summed E-state index contributed by atoms with van der Waals surface area (Å²) < 4.78 is 0. The van der Waals surface area contributed by atoms with Crippen LogP contribution in [0.4, 0.5) is 11.6 Å². The molecule has 132 valence electrons. The first kappa shape index (κ1) is 17.4. The van der Waals surface area contributed by atoms with E-state index in [-0.39, 0.29) is 5.91 Å². The summed E-state index contributed by atoms with van der Waals surface area (Å²) in [4.78, 5) is 23.6. The van der Waals surface area contributed by atoms with Gasteiger partial charge in [0.05, 0.1) is 0 Å². The molecule has 1 saturated heterocycles. The van der Waals surface area contributed by atoms with Gasteiger partial charge in [-0.15, -0.1) is 0 Å². The van der Waals surface area contributed by atoms with Crippen LogP contribution in [0.5, 0.6) is 0 Å². The van der Waals surface area contributed by atoms with E-state index in [0.717, 1.165) is 37.3 Å². The molecule has 1 aromatic carbocycles. The lowest BCUT2D eigenvalue weighted by Gasteiger charge is -2.30. The van der Waals surface area contributed by atoms with E-state index in [0.29, 0.717) is 17.6 Å². The number of nitrogens with zero attached hydrogens (tertiary/aromatic N) is 3. The fraction of sp³-hybridized carbons (Fsp3) is 0.450. The van der Waals surface area contributed by atoms with Crippen LogP contribution >= 0.6 is 0 Å². The largest absolute Gasteiger partial charge is 0.337 e. The quantitative estimate of drug-likeness (QED) is 0.918. The molecule has 1 aromatic heterocycles. The molecule has 1 N–H and O–H groups in total. The molecular formula is C20H26N4O. The standard InChI is InChI=1S/C20H26N4O/c1-13-5-7-24(8-6-13)19(25)18-12-16(4)21-20(23-18)22-17-10-14(2)9-15(3)11-17/h9-13H,5-8H2,1-4H3,(H,21,22,23). The fourth-order valence-electron chi connectivity index (χ4n) is 3.28. The summed E-state index contributed by atoms with van der Waals surface area (Å²) in [7, 11) is 0. The monoisotopic (exact) mass is 338 g/mol. The number of carbonyl (C=O) groups is 1. The van der Waals surface area contributed by atoms with Crippen molar-refractivity contribution in [3.05, 3.63) is 46.8 Å². The van der Waals surface area contributed by atoms with Crippen LogP contribution in [-0.2, 0) is 0 Å². The Bertz CT molecular complexity index is 759. The molecule has 0 radical (unpaired) electrons. The van der Waals surface area contributed by atoms with Gasteiger partial charge in [0.2, 0.25) is 5.95 Å². The van der Waals surface area contributed by atoms with Crippen molar-refractivity contribution in [1.82, 2.24) is 14.9 Å². The number of hydrogen-bond donors (Lipinski definition) is 1. The SMILES string of the molecule is Cc1cc(C)cc(Nc2nc(C)cc(C(=O)N3CCC(C)CC3)n2)c1. The zero-order valence-electron chi connectivity index (χ0n) is 15.5. The lowest BCUT2D eigenvalue weighted by molar-refractivity contribution is 0.0691. The number of aromatic nitrogens is 2. The predicted octanol–water partition coefficient (Wildman–Crippen LogP) is 4.02. The minimum Gasteiger partial charge on any atom is -0.337 e. The Balaban J connectivity index is 1.81. The second-order valence-electron chi connectivity index (χ2n) is 7.19. The van der Waals surface area contributed by atoms with E-state index >= 15 is 0 Å². The van der Waals surface area contributed by atoms with E-state index in [4.69, 9.17) is 0 Å². The molecule has 0 aliphatic carbocycles. The van der Waals surface area contributed by atoms with E-state index < -0.39 is 0 Å². The normalized spacial score (nSPS) is 15.3. The molecule has 0 spiro atoms. The van der Waals surface area contributed by atoms with Crippen molar-refractivity contribution in [2.75, 3.05) is 18.4 Å². The Kier molecular flexibility index (Phi) is 5.02. The molecule has 0 unspecified atom stereocenters. The molecule has 3 rings (SSSR count). The number of carbonyl (C=O) groups excluding carboxylic acids is 1. The summed E-state index contributed by atoms with van der Waals surface area (Å²) in [5.41, 5.74) is 4.54. The van der Waals surface area contributed by atoms with E-state index in [1.54, 1.807) is 6.07 Å². The second-order valence-corrected chi connectivity index (χ2v) is 7.19. The topological polar surface area (TPSA) is 58.1 Å². The molecule has 1 aliphatic rings. The fourth-order valence-corrected chi connectivity index (χ4v) is 3.28. The third-order valence-electron chi connectivity index (χ3n) is 4.62. The summed E-state index contributed by atoms with van der Waals surface area (Å²) in [6.07, 6.45) is 2.12. The molecular weight excluding hydrogens is 312 g/mol. The number of rotatable bonds is 3. The number of amides is 1. The maximum Gasteiger partial charge on any atom is 0.272 e. The number of aryl methyl sites for hydroxylation is 3. The first-order chi connectivity index (χ1) is 11.9. The third kappa shape index (κ3) is 4.35.